The second-order valence-corrected chi connectivity index (χ2v) is 7.66. The summed E-state index contributed by atoms with van der Waals surface area (Å²) in [6.45, 7) is 1.07. The van der Waals surface area contributed by atoms with Gasteiger partial charge in [-0.3, -0.25) is 0 Å². The molecule has 0 aliphatic carbocycles. The van der Waals surface area contributed by atoms with Crippen LogP contribution in [0.1, 0.15) is 24.8 Å². The van der Waals surface area contributed by atoms with Gasteiger partial charge in [0.1, 0.15) is 0 Å². The Bertz CT molecular complexity index is 513. The summed E-state index contributed by atoms with van der Waals surface area (Å²) < 4.78 is 0.579. The van der Waals surface area contributed by atoms with E-state index < -0.39 is 0 Å². The number of benzene rings is 2. The zero-order valence-corrected chi connectivity index (χ0v) is 18.9. The number of rotatable bonds is 8. The minimum absolute atomic E-state index is 0.165. The second-order valence-electron chi connectivity index (χ2n) is 5.40. The van der Waals surface area contributed by atoms with E-state index in [2.05, 4.69) is 54.3 Å². The average Bonchev–Trinajstić information content (AvgIpc) is 2.54. The van der Waals surface area contributed by atoms with Gasteiger partial charge in [0.05, 0.1) is 0 Å². The van der Waals surface area contributed by atoms with E-state index in [1.54, 1.807) is 0 Å². The Balaban J connectivity index is 1.83. The molecule has 2 aromatic rings. The Hall–Kier alpha value is -2.64. The maximum atomic E-state index is 9.96. The summed E-state index contributed by atoms with van der Waals surface area (Å²) in [5, 5.41) is 9.96. The number of aryl methyl sites for hydroxylation is 1. The molecule has 0 aromatic heterocycles. The Morgan fingerprint density at radius 1 is 0.905 bits per heavy atom. The first-order valence-corrected chi connectivity index (χ1v) is 10.8. The van der Waals surface area contributed by atoms with Gasteiger partial charge in [0.15, 0.2) is 0 Å². The van der Waals surface area contributed by atoms with E-state index in [1.165, 1.54) is 16.7 Å². The molecule has 0 saturated carbocycles. The summed E-state index contributed by atoms with van der Waals surface area (Å²) in [4.78, 5) is 0. The van der Waals surface area contributed by atoms with Crippen LogP contribution in [0.3, 0.4) is 0 Å². The van der Waals surface area contributed by atoms with Crippen LogP contribution in [0.5, 0.6) is 0 Å². The van der Waals surface area contributed by atoms with Crippen molar-refractivity contribution in [3.8, 4) is 11.1 Å². The van der Waals surface area contributed by atoms with Gasteiger partial charge in [0.25, 0.3) is 0 Å². The van der Waals surface area contributed by atoms with Gasteiger partial charge < -0.3 is 0 Å². The zero-order valence-electron chi connectivity index (χ0n) is 12.5. The molecule has 107 valence electrons. The molecule has 0 bridgehead atoms. The topological polar surface area (TPSA) is 32.3 Å². The quantitative estimate of drug-likeness (QED) is 0.508. The zero-order chi connectivity index (χ0) is 14.9. The maximum absolute atomic E-state index is 9.96. The summed E-state index contributed by atoms with van der Waals surface area (Å²) >= 11 is 0. The van der Waals surface area contributed by atoms with Crippen LogP contribution in [-0.4, -0.2) is 17.8 Å². The predicted octanol–water partition coefficient (Wildman–Crippen LogP) is 3.48. The van der Waals surface area contributed by atoms with Crippen molar-refractivity contribution in [1.82, 2.24) is 5.73 Å². The van der Waals surface area contributed by atoms with Crippen LogP contribution in [0.2, 0.25) is 0 Å². The number of aliphatic hydroxyl groups excluding tert-OH is 1. The van der Waals surface area contributed by atoms with Gasteiger partial charge in [-0.15, -0.1) is 0 Å². The van der Waals surface area contributed by atoms with Gasteiger partial charge in [-0.1, -0.05) is 30.3 Å². The number of aliphatic hydroxyl groups is 1. The Labute approximate surface area is 121 Å². The molecule has 1 atom stereocenters. The molecule has 0 aliphatic heterocycles. The predicted molar refractivity (Wildman–Crippen MR) is 83.4 cm³/mol. The van der Waals surface area contributed by atoms with Crippen molar-refractivity contribution in [2.24, 2.45) is 0 Å². The van der Waals surface area contributed by atoms with Crippen molar-refractivity contribution in [2.75, 3.05) is 6.54 Å². The van der Waals surface area contributed by atoms with Gasteiger partial charge in [-0.2, -0.15) is 0 Å². The summed E-state index contributed by atoms with van der Waals surface area (Å²) in [5.41, 5.74) is 7.12. The fourth-order valence-corrected chi connectivity index (χ4v) is 3.57. The first kappa shape index (κ1) is 14.8. The van der Waals surface area contributed by atoms with Crippen LogP contribution in [0.4, 0.5) is 0 Å². The SMILES string of the molecule is OC(CCC[NH][Rf])CCc1ccc(-c2ccccc2)cc1. The first-order chi connectivity index (χ1) is 10.3. The molecule has 0 spiro atoms. The van der Waals surface area contributed by atoms with Crippen LogP contribution in [0.15, 0.2) is 54.6 Å². The molecule has 0 aliphatic rings. The molecule has 0 radical (unpaired) electrons. The average molecular weight is 535 g/mol. The molecule has 2 aromatic carbocycles. The Kier molecular flexibility index (Phi) is 5.50. The third kappa shape index (κ3) is 4.75. The summed E-state index contributed by atoms with van der Waals surface area (Å²) in [6.07, 6.45) is 3.64. The van der Waals surface area contributed by atoms with Crippen molar-refractivity contribution >= 4 is 0 Å². The number of hydrogen-bond acceptors (Lipinski definition) is 2. The molecule has 1 unspecified atom stereocenters. The number of nitrogens with one attached hydrogen (secondary N) is 1. The molecular formula is C18H22NORf. The summed E-state index contributed by atoms with van der Waals surface area (Å²) in [6, 6.07) is 19.1. The molecule has 2 N–H and O–H groups in total. The minimum atomic E-state index is -0.165. The molecule has 0 heterocycles. The first-order valence-electron chi connectivity index (χ1n) is 7.62. The van der Waals surface area contributed by atoms with E-state index in [9.17, 15) is 5.11 Å². The summed E-state index contributed by atoms with van der Waals surface area (Å²) in [5.74, 6) is 0. The van der Waals surface area contributed by atoms with E-state index in [-0.39, 0.29) is 6.10 Å². The van der Waals surface area contributed by atoms with Gasteiger partial charge >= 0.3 is 90.1 Å². The van der Waals surface area contributed by atoms with Crippen LogP contribution in [-0.2, 0) is 6.42 Å². The van der Waals surface area contributed by atoms with Crippen molar-refractivity contribution in [1.29, 1.82) is 0 Å². The molecule has 2 rings (SSSR count). The molecular weight excluding hydrogens is 513 g/mol. The van der Waals surface area contributed by atoms with E-state index in [4.69, 9.17) is 0 Å². The third-order valence-corrected chi connectivity index (χ3v) is 5.32. The van der Waals surface area contributed by atoms with E-state index in [0.29, 0.717) is 0 Å². The molecule has 2 nitrogen and oxygen atoms in total. The van der Waals surface area contributed by atoms with Crippen LogP contribution < -0.4 is 5.73 Å². The van der Waals surface area contributed by atoms with Crippen molar-refractivity contribution in [2.45, 2.75) is 31.8 Å². The van der Waals surface area contributed by atoms with Gasteiger partial charge in [0.2, 0.25) is 0 Å². The number of hydrogen-bond donors (Lipinski definition) is 2. The monoisotopic (exact) mass is 535 g/mol. The Morgan fingerprint density at radius 3 is 2.24 bits per heavy atom. The second kappa shape index (κ2) is 7.83. The molecule has 0 saturated heterocycles. The van der Waals surface area contributed by atoms with Gasteiger partial charge in [-0.25, -0.2) is 0 Å². The van der Waals surface area contributed by atoms with Crippen molar-refractivity contribution in [3.63, 3.8) is 0 Å². The molecule has 21 heavy (non-hydrogen) atoms. The molecule has 0 fully saturated rings. The standard InChI is InChI=1S/C18H22NO.Rf/c19-14-4-7-18(20)13-10-15-8-11-17(12-9-15)16-5-2-1-3-6-16;/h1-3,5-6,8-9,11-12,18-20H,4,7,10,13-14H2;/q-1;+1. The molecule has 0 amide bonds. The van der Waals surface area contributed by atoms with Crippen LogP contribution in [0, 0.1) is 0 Å². The van der Waals surface area contributed by atoms with E-state index in [1.807, 2.05) is 6.07 Å². The van der Waals surface area contributed by atoms with Gasteiger partial charge in [-0.05, 0) is 0 Å². The van der Waals surface area contributed by atoms with Crippen molar-refractivity contribution in [3.05, 3.63) is 60.2 Å². The fraction of sp³-hybridized carbons (Fsp3) is 0.333. The van der Waals surface area contributed by atoms with E-state index >= 15 is 0 Å². The van der Waals surface area contributed by atoms with Gasteiger partial charge in [0, 0.05) is 0 Å². The summed E-state index contributed by atoms with van der Waals surface area (Å²) in [7, 11) is 0. The fourth-order valence-electron chi connectivity index (χ4n) is 2.43. The van der Waals surface area contributed by atoms with E-state index in [0.717, 1.165) is 32.2 Å². The Morgan fingerprint density at radius 2 is 1.57 bits per heavy atom. The van der Waals surface area contributed by atoms with Crippen LogP contribution in [0.25, 0.3) is 11.1 Å². The molecule has 3 heteroatoms. The van der Waals surface area contributed by atoms with Crippen LogP contribution >= 0.6 is 0 Å². The third-order valence-electron chi connectivity index (χ3n) is 3.72. The van der Waals surface area contributed by atoms with Crippen molar-refractivity contribution < 1.29 is 5.11 Å². The normalized spacial score (nSPS) is 12.3.